The van der Waals surface area contributed by atoms with Gasteiger partial charge >= 0.3 is 0 Å². The van der Waals surface area contributed by atoms with Crippen molar-refractivity contribution in [3.8, 4) is 0 Å². The van der Waals surface area contributed by atoms with Gasteiger partial charge in [-0.1, -0.05) is 22.9 Å². The van der Waals surface area contributed by atoms with Crippen LogP contribution < -0.4 is 10.2 Å². The summed E-state index contributed by atoms with van der Waals surface area (Å²) < 4.78 is 1.17. The van der Waals surface area contributed by atoms with Gasteiger partial charge in [0.15, 0.2) is 0 Å². The Labute approximate surface area is 119 Å². The van der Waals surface area contributed by atoms with Gasteiger partial charge in [-0.2, -0.15) is 0 Å². The Morgan fingerprint density at radius 1 is 1.28 bits per heavy atom. The fourth-order valence-corrected chi connectivity index (χ4v) is 3.61. The molecule has 1 fully saturated rings. The second-order valence-corrected chi connectivity index (χ2v) is 6.38. The molecule has 0 radical (unpaired) electrons. The lowest BCUT2D eigenvalue weighted by Crippen LogP contribution is -2.52. The minimum Gasteiger partial charge on any atom is -0.368 e. The summed E-state index contributed by atoms with van der Waals surface area (Å²) in [6.45, 7) is 7.98. The van der Waals surface area contributed by atoms with Gasteiger partial charge in [-0.3, -0.25) is 0 Å². The van der Waals surface area contributed by atoms with Gasteiger partial charge in [-0.25, -0.2) is 0 Å². The van der Waals surface area contributed by atoms with Crippen LogP contribution in [-0.2, 0) is 0 Å². The molecule has 0 spiro atoms. The van der Waals surface area contributed by atoms with E-state index in [1.165, 1.54) is 22.1 Å². The highest BCUT2D eigenvalue weighted by Gasteiger charge is 2.31. The van der Waals surface area contributed by atoms with Gasteiger partial charge in [0.2, 0.25) is 0 Å². The first-order chi connectivity index (χ1) is 8.52. The molecule has 2 nitrogen and oxygen atoms in total. The Bertz CT molecular complexity index is 399. The maximum atomic E-state index is 3.60. The topological polar surface area (TPSA) is 15.3 Å². The zero-order chi connectivity index (χ0) is 13.3. The molecule has 1 saturated heterocycles. The molecule has 0 aromatic heterocycles. The van der Waals surface area contributed by atoms with E-state index >= 15 is 0 Å². The Hall–Kier alpha value is -0.540. The second kappa shape index (κ2) is 5.62. The third-order valence-electron chi connectivity index (χ3n) is 4.30. The van der Waals surface area contributed by atoms with Crippen molar-refractivity contribution in [1.29, 1.82) is 0 Å². The number of anilines is 1. The SMILES string of the molecule is CNC1CCN(c2cc(C)cc(Br)c2)C(C)C1C. The van der Waals surface area contributed by atoms with E-state index in [0.29, 0.717) is 18.0 Å². The van der Waals surface area contributed by atoms with Crippen LogP contribution in [0.3, 0.4) is 0 Å². The van der Waals surface area contributed by atoms with Crippen molar-refractivity contribution >= 4 is 21.6 Å². The van der Waals surface area contributed by atoms with E-state index < -0.39 is 0 Å². The van der Waals surface area contributed by atoms with Gasteiger partial charge < -0.3 is 10.2 Å². The van der Waals surface area contributed by atoms with Crippen LogP contribution in [0.1, 0.15) is 25.8 Å². The lowest BCUT2D eigenvalue weighted by atomic mass is 9.86. The molecular weight excluding hydrogens is 288 g/mol. The Morgan fingerprint density at radius 3 is 2.61 bits per heavy atom. The molecule has 0 amide bonds. The van der Waals surface area contributed by atoms with E-state index in [2.05, 4.69) is 72.2 Å². The molecule has 100 valence electrons. The molecule has 1 aliphatic rings. The van der Waals surface area contributed by atoms with Crippen LogP contribution in [0.5, 0.6) is 0 Å². The minimum atomic E-state index is 0.574. The van der Waals surface area contributed by atoms with Crippen molar-refractivity contribution in [3.05, 3.63) is 28.2 Å². The van der Waals surface area contributed by atoms with Crippen LogP contribution in [0.25, 0.3) is 0 Å². The summed E-state index contributed by atoms with van der Waals surface area (Å²) in [6, 6.07) is 7.90. The molecule has 3 heteroatoms. The highest BCUT2D eigenvalue weighted by atomic mass is 79.9. The van der Waals surface area contributed by atoms with Crippen molar-refractivity contribution in [2.24, 2.45) is 5.92 Å². The van der Waals surface area contributed by atoms with Crippen LogP contribution >= 0.6 is 15.9 Å². The number of rotatable bonds is 2. The van der Waals surface area contributed by atoms with Crippen molar-refractivity contribution in [1.82, 2.24) is 5.32 Å². The first-order valence-corrected chi connectivity index (χ1v) is 7.53. The normalized spacial score (nSPS) is 28.5. The second-order valence-electron chi connectivity index (χ2n) is 5.46. The lowest BCUT2D eigenvalue weighted by molar-refractivity contribution is 0.282. The Morgan fingerprint density at radius 2 is 2.00 bits per heavy atom. The summed E-state index contributed by atoms with van der Waals surface area (Å²) in [5, 5.41) is 3.44. The van der Waals surface area contributed by atoms with Gasteiger partial charge in [-0.15, -0.1) is 0 Å². The molecular formula is C15H23BrN2. The molecule has 1 N–H and O–H groups in total. The molecule has 18 heavy (non-hydrogen) atoms. The minimum absolute atomic E-state index is 0.574. The van der Waals surface area contributed by atoms with Crippen molar-refractivity contribution in [2.45, 2.75) is 39.3 Å². The zero-order valence-corrected chi connectivity index (χ0v) is 13.3. The van der Waals surface area contributed by atoms with Crippen LogP contribution in [0.2, 0.25) is 0 Å². The van der Waals surface area contributed by atoms with Crippen molar-refractivity contribution in [2.75, 3.05) is 18.5 Å². The predicted molar refractivity (Wildman–Crippen MR) is 82.3 cm³/mol. The van der Waals surface area contributed by atoms with Gasteiger partial charge in [0.05, 0.1) is 0 Å². The predicted octanol–water partition coefficient (Wildman–Crippen LogP) is 3.58. The maximum Gasteiger partial charge on any atom is 0.0382 e. The molecule has 1 aliphatic heterocycles. The number of hydrogen-bond donors (Lipinski definition) is 1. The first-order valence-electron chi connectivity index (χ1n) is 6.74. The Kier molecular flexibility index (Phi) is 4.33. The summed E-state index contributed by atoms with van der Waals surface area (Å²) in [5.41, 5.74) is 2.66. The van der Waals surface area contributed by atoms with Crippen molar-refractivity contribution < 1.29 is 0 Å². The lowest BCUT2D eigenvalue weighted by Gasteiger charge is -2.44. The summed E-state index contributed by atoms with van der Waals surface area (Å²) in [7, 11) is 2.08. The van der Waals surface area contributed by atoms with E-state index in [0.717, 1.165) is 6.54 Å². The molecule has 0 bridgehead atoms. The van der Waals surface area contributed by atoms with E-state index in [4.69, 9.17) is 0 Å². The largest absolute Gasteiger partial charge is 0.368 e. The Balaban J connectivity index is 2.23. The number of piperidine rings is 1. The van der Waals surface area contributed by atoms with Gasteiger partial charge in [0, 0.05) is 28.8 Å². The molecule has 2 rings (SSSR count). The van der Waals surface area contributed by atoms with Crippen LogP contribution in [-0.4, -0.2) is 25.7 Å². The first kappa shape index (κ1) is 13.9. The standard InChI is InChI=1S/C15H23BrN2/c1-10-7-13(16)9-14(8-10)18-6-5-15(17-4)11(2)12(18)3/h7-9,11-12,15,17H,5-6H2,1-4H3. The quantitative estimate of drug-likeness (QED) is 0.898. The average molecular weight is 311 g/mol. The highest BCUT2D eigenvalue weighted by Crippen LogP contribution is 2.31. The molecule has 3 atom stereocenters. The highest BCUT2D eigenvalue weighted by molar-refractivity contribution is 9.10. The summed E-state index contributed by atoms with van der Waals surface area (Å²) in [4.78, 5) is 2.54. The smallest absolute Gasteiger partial charge is 0.0382 e. The van der Waals surface area contributed by atoms with Gasteiger partial charge in [0.25, 0.3) is 0 Å². The number of hydrogen-bond acceptors (Lipinski definition) is 2. The van der Waals surface area contributed by atoms with Crippen LogP contribution in [0.4, 0.5) is 5.69 Å². The molecule has 1 heterocycles. The van der Waals surface area contributed by atoms with Gasteiger partial charge in [0.1, 0.15) is 0 Å². The summed E-state index contributed by atoms with van der Waals surface area (Å²) >= 11 is 3.60. The van der Waals surface area contributed by atoms with E-state index in [9.17, 15) is 0 Å². The maximum absolute atomic E-state index is 3.60. The number of nitrogens with one attached hydrogen (secondary N) is 1. The van der Waals surface area contributed by atoms with Crippen LogP contribution in [0.15, 0.2) is 22.7 Å². The van der Waals surface area contributed by atoms with E-state index in [-0.39, 0.29) is 0 Å². The molecule has 0 saturated carbocycles. The monoisotopic (exact) mass is 310 g/mol. The molecule has 1 aromatic rings. The zero-order valence-electron chi connectivity index (χ0n) is 11.7. The van der Waals surface area contributed by atoms with Crippen LogP contribution in [0, 0.1) is 12.8 Å². The number of aryl methyl sites for hydroxylation is 1. The number of nitrogens with zero attached hydrogens (tertiary/aromatic N) is 1. The van der Waals surface area contributed by atoms with Crippen molar-refractivity contribution in [3.63, 3.8) is 0 Å². The fraction of sp³-hybridized carbons (Fsp3) is 0.600. The number of halogens is 1. The average Bonchev–Trinajstić information content (AvgIpc) is 2.31. The number of benzene rings is 1. The summed E-state index contributed by atoms with van der Waals surface area (Å²) in [5.74, 6) is 0.669. The third-order valence-corrected chi connectivity index (χ3v) is 4.76. The molecule has 1 aromatic carbocycles. The van der Waals surface area contributed by atoms with E-state index in [1.54, 1.807) is 0 Å². The summed E-state index contributed by atoms with van der Waals surface area (Å²) in [6.07, 6.45) is 1.22. The third kappa shape index (κ3) is 2.72. The van der Waals surface area contributed by atoms with Gasteiger partial charge in [-0.05, 0) is 57.0 Å². The molecule has 3 unspecified atom stereocenters. The fourth-order valence-electron chi connectivity index (χ4n) is 3.02. The van der Waals surface area contributed by atoms with E-state index in [1.807, 2.05) is 0 Å². The molecule has 0 aliphatic carbocycles.